The highest BCUT2D eigenvalue weighted by Gasteiger charge is 2.11. The van der Waals surface area contributed by atoms with Crippen molar-refractivity contribution in [3.63, 3.8) is 0 Å². The lowest BCUT2D eigenvalue weighted by Crippen LogP contribution is -2.31. The Hall–Kier alpha value is -3.26. The SMILES string of the molecule is COC(C)CNC(=O)c1ccc(-c2nc(Nc3cnn(C)c3)ncc2C)cc1. The van der Waals surface area contributed by atoms with Crippen molar-refractivity contribution >= 4 is 17.5 Å². The summed E-state index contributed by atoms with van der Waals surface area (Å²) in [7, 11) is 3.47. The number of rotatable bonds is 7. The molecule has 2 heterocycles. The average molecular weight is 380 g/mol. The van der Waals surface area contributed by atoms with Crippen molar-refractivity contribution in [1.29, 1.82) is 0 Å². The van der Waals surface area contributed by atoms with Crippen molar-refractivity contribution in [2.45, 2.75) is 20.0 Å². The van der Waals surface area contributed by atoms with Gasteiger partial charge >= 0.3 is 0 Å². The molecule has 0 fully saturated rings. The molecule has 0 aliphatic carbocycles. The summed E-state index contributed by atoms with van der Waals surface area (Å²) in [6, 6.07) is 7.35. The Bertz CT molecular complexity index is 952. The minimum atomic E-state index is -0.131. The summed E-state index contributed by atoms with van der Waals surface area (Å²) >= 11 is 0. The van der Waals surface area contributed by atoms with Crippen LogP contribution in [0.1, 0.15) is 22.8 Å². The number of aromatic nitrogens is 4. The summed E-state index contributed by atoms with van der Waals surface area (Å²) in [6.45, 7) is 4.32. The minimum absolute atomic E-state index is 0.0300. The van der Waals surface area contributed by atoms with Gasteiger partial charge < -0.3 is 15.4 Å². The normalized spacial score (nSPS) is 11.9. The van der Waals surface area contributed by atoms with Crippen LogP contribution >= 0.6 is 0 Å². The van der Waals surface area contributed by atoms with Gasteiger partial charge in [0.25, 0.3) is 5.91 Å². The number of nitrogens with zero attached hydrogens (tertiary/aromatic N) is 4. The van der Waals surface area contributed by atoms with E-state index in [0.717, 1.165) is 22.5 Å². The molecular weight excluding hydrogens is 356 g/mol. The number of amides is 1. The Labute approximate surface area is 164 Å². The molecule has 8 nitrogen and oxygen atoms in total. The van der Waals surface area contributed by atoms with Crippen LogP contribution < -0.4 is 10.6 Å². The largest absolute Gasteiger partial charge is 0.380 e. The highest BCUT2D eigenvalue weighted by molar-refractivity contribution is 5.94. The molecular formula is C20H24N6O2. The number of aryl methyl sites for hydroxylation is 2. The van der Waals surface area contributed by atoms with E-state index in [9.17, 15) is 4.79 Å². The van der Waals surface area contributed by atoms with Crippen molar-refractivity contribution in [3.8, 4) is 11.3 Å². The van der Waals surface area contributed by atoms with Gasteiger partial charge in [0, 0.05) is 44.2 Å². The van der Waals surface area contributed by atoms with Crippen LogP contribution in [-0.2, 0) is 11.8 Å². The predicted octanol–water partition coefficient (Wildman–Crippen LogP) is 2.69. The Morgan fingerprint density at radius 3 is 2.64 bits per heavy atom. The lowest BCUT2D eigenvalue weighted by atomic mass is 10.1. The van der Waals surface area contributed by atoms with Crippen molar-refractivity contribution in [1.82, 2.24) is 25.1 Å². The smallest absolute Gasteiger partial charge is 0.251 e. The van der Waals surface area contributed by atoms with Crippen LogP contribution in [0, 0.1) is 6.92 Å². The molecule has 0 radical (unpaired) electrons. The van der Waals surface area contributed by atoms with Crippen molar-refractivity contribution < 1.29 is 9.53 Å². The Balaban J connectivity index is 1.75. The molecule has 0 aliphatic heterocycles. The summed E-state index contributed by atoms with van der Waals surface area (Å²) in [5.74, 6) is 0.359. The molecule has 8 heteroatoms. The Kier molecular flexibility index (Phi) is 6.00. The molecule has 3 aromatic rings. The lowest BCUT2D eigenvalue weighted by Gasteiger charge is -2.11. The maximum absolute atomic E-state index is 12.2. The predicted molar refractivity (Wildman–Crippen MR) is 107 cm³/mol. The number of hydrogen-bond donors (Lipinski definition) is 2. The molecule has 1 aromatic carbocycles. The van der Waals surface area contributed by atoms with Crippen LogP contribution in [0.3, 0.4) is 0 Å². The van der Waals surface area contributed by atoms with Gasteiger partial charge in [-0.15, -0.1) is 0 Å². The van der Waals surface area contributed by atoms with Crippen LogP contribution in [-0.4, -0.2) is 45.4 Å². The van der Waals surface area contributed by atoms with E-state index >= 15 is 0 Å². The summed E-state index contributed by atoms with van der Waals surface area (Å²) in [6.07, 6.45) is 5.30. The third-order valence-corrected chi connectivity index (χ3v) is 4.31. The maximum Gasteiger partial charge on any atom is 0.251 e. The molecule has 28 heavy (non-hydrogen) atoms. The van der Waals surface area contributed by atoms with E-state index in [1.165, 1.54) is 0 Å². The zero-order valence-electron chi connectivity index (χ0n) is 16.4. The molecule has 2 aromatic heterocycles. The Morgan fingerprint density at radius 2 is 2.00 bits per heavy atom. The van der Waals surface area contributed by atoms with E-state index in [1.54, 1.807) is 36.3 Å². The quantitative estimate of drug-likeness (QED) is 0.655. The molecule has 0 saturated carbocycles. The van der Waals surface area contributed by atoms with E-state index in [2.05, 4.69) is 25.7 Å². The first kappa shape index (κ1) is 19.5. The van der Waals surface area contributed by atoms with Crippen molar-refractivity contribution in [3.05, 3.63) is 54.0 Å². The second-order valence-electron chi connectivity index (χ2n) is 6.59. The van der Waals surface area contributed by atoms with Crippen LogP contribution in [0.5, 0.6) is 0 Å². The number of carbonyl (C=O) groups is 1. The number of carbonyl (C=O) groups excluding carboxylic acids is 1. The fraction of sp³-hybridized carbons (Fsp3) is 0.300. The van der Waals surface area contributed by atoms with Gasteiger partial charge in [0.15, 0.2) is 0 Å². The highest BCUT2D eigenvalue weighted by atomic mass is 16.5. The number of anilines is 2. The second-order valence-corrected chi connectivity index (χ2v) is 6.59. The topological polar surface area (TPSA) is 94.0 Å². The van der Waals surface area contributed by atoms with Gasteiger partial charge in [-0.1, -0.05) is 12.1 Å². The first-order chi connectivity index (χ1) is 13.5. The van der Waals surface area contributed by atoms with Crippen LogP contribution in [0.15, 0.2) is 42.9 Å². The maximum atomic E-state index is 12.2. The van der Waals surface area contributed by atoms with E-state index in [0.29, 0.717) is 18.1 Å². The summed E-state index contributed by atoms with van der Waals surface area (Å²) in [5, 5.41) is 10.1. The first-order valence-corrected chi connectivity index (χ1v) is 8.97. The molecule has 3 rings (SSSR count). The molecule has 0 bridgehead atoms. The molecule has 2 N–H and O–H groups in total. The number of nitrogens with one attached hydrogen (secondary N) is 2. The molecule has 146 valence electrons. The zero-order valence-corrected chi connectivity index (χ0v) is 16.4. The van der Waals surface area contributed by atoms with Gasteiger partial charge in [0.05, 0.1) is 23.7 Å². The van der Waals surface area contributed by atoms with Gasteiger partial charge in [0.1, 0.15) is 0 Å². The molecule has 0 aliphatic rings. The minimum Gasteiger partial charge on any atom is -0.380 e. The summed E-state index contributed by atoms with van der Waals surface area (Å²) < 4.78 is 6.84. The average Bonchev–Trinajstić information content (AvgIpc) is 3.12. The third-order valence-electron chi connectivity index (χ3n) is 4.31. The van der Waals surface area contributed by atoms with Gasteiger partial charge in [-0.05, 0) is 31.5 Å². The highest BCUT2D eigenvalue weighted by Crippen LogP contribution is 2.23. The molecule has 1 unspecified atom stereocenters. The summed E-state index contributed by atoms with van der Waals surface area (Å²) in [4.78, 5) is 21.2. The van der Waals surface area contributed by atoms with Crippen molar-refractivity contribution in [2.75, 3.05) is 19.0 Å². The second kappa shape index (κ2) is 8.62. The van der Waals surface area contributed by atoms with Gasteiger partial charge in [-0.3, -0.25) is 9.48 Å². The number of benzene rings is 1. The van der Waals surface area contributed by atoms with Crippen LogP contribution in [0.2, 0.25) is 0 Å². The monoisotopic (exact) mass is 380 g/mol. The fourth-order valence-electron chi connectivity index (χ4n) is 2.61. The van der Waals surface area contributed by atoms with E-state index in [1.807, 2.05) is 39.2 Å². The van der Waals surface area contributed by atoms with E-state index in [-0.39, 0.29) is 12.0 Å². The van der Waals surface area contributed by atoms with E-state index in [4.69, 9.17) is 4.74 Å². The van der Waals surface area contributed by atoms with Gasteiger partial charge in [-0.25, -0.2) is 9.97 Å². The van der Waals surface area contributed by atoms with Crippen molar-refractivity contribution in [2.24, 2.45) is 7.05 Å². The Morgan fingerprint density at radius 1 is 1.25 bits per heavy atom. The van der Waals surface area contributed by atoms with Crippen LogP contribution in [0.4, 0.5) is 11.6 Å². The fourth-order valence-corrected chi connectivity index (χ4v) is 2.61. The van der Waals surface area contributed by atoms with Crippen LogP contribution in [0.25, 0.3) is 11.3 Å². The number of hydrogen-bond acceptors (Lipinski definition) is 6. The lowest BCUT2D eigenvalue weighted by molar-refractivity contribution is 0.0870. The van der Waals surface area contributed by atoms with Gasteiger partial charge in [-0.2, -0.15) is 5.10 Å². The molecule has 1 amide bonds. The third kappa shape index (κ3) is 4.72. The van der Waals surface area contributed by atoms with E-state index < -0.39 is 0 Å². The molecule has 1 atom stereocenters. The first-order valence-electron chi connectivity index (χ1n) is 8.97. The summed E-state index contributed by atoms with van der Waals surface area (Å²) in [5.41, 5.74) is 4.07. The number of ether oxygens (including phenoxy) is 1. The molecule has 0 saturated heterocycles. The van der Waals surface area contributed by atoms with Gasteiger partial charge in [0.2, 0.25) is 5.95 Å². The standard InChI is InChI=1S/C20H24N6O2/c1-13-9-22-20(24-17-11-23-26(3)12-17)25-18(13)15-5-7-16(8-6-15)19(27)21-10-14(2)28-4/h5-9,11-12,14H,10H2,1-4H3,(H,21,27)(H,22,24,25). The number of methoxy groups -OCH3 is 1. The molecule has 0 spiro atoms. The zero-order chi connectivity index (χ0) is 20.1.